The summed E-state index contributed by atoms with van der Waals surface area (Å²) in [7, 11) is 0. The van der Waals surface area contributed by atoms with E-state index in [2.05, 4.69) is 37.9 Å². The van der Waals surface area contributed by atoms with Gasteiger partial charge in [-0.2, -0.15) is 0 Å². The van der Waals surface area contributed by atoms with Gasteiger partial charge in [0.2, 0.25) is 0 Å². The minimum Gasteiger partial charge on any atom is -0.336 e. The number of tetrazole rings is 1. The molecule has 2 aliphatic rings. The van der Waals surface area contributed by atoms with E-state index in [9.17, 15) is 4.79 Å². The van der Waals surface area contributed by atoms with Crippen LogP contribution in [0.15, 0.2) is 30.3 Å². The van der Waals surface area contributed by atoms with Gasteiger partial charge in [0.1, 0.15) is 0 Å². The highest BCUT2D eigenvalue weighted by atomic mass is 16.2. The van der Waals surface area contributed by atoms with E-state index in [1.54, 1.807) is 0 Å². The second-order valence-electron chi connectivity index (χ2n) is 6.69. The Balaban J connectivity index is 1.40. The third-order valence-corrected chi connectivity index (χ3v) is 4.96. The van der Waals surface area contributed by atoms with Crippen molar-refractivity contribution in [3.8, 4) is 0 Å². The van der Waals surface area contributed by atoms with E-state index < -0.39 is 0 Å². The molecule has 1 aromatic heterocycles. The van der Waals surface area contributed by atoms with Gasteiger partial charge in [0.05, 0.1) is 13.1 Å². The van der Waals surface area contributed by atoms with E-state index in [0.717, 1.165) is 44.8 Å². The van der Waals surface area contributed by atoms with Crippen molar-refractivity contribution in [3.63, 3.8) is 0 Å². The van der Waals surface area contributed by atoms with E-state index in [1.165, 1.54) is 5.56 Å². The summed E-state index contributed by atoms with van der Waals surface area (Å²) in [6, 6.07) is 10.6. The molecule has 8 heteroatoms. The van der Waals surface area contributed by atoms with Crippen LogP contribution in [0.25, 0.3) is 0 Å². The highest BCUT2D eigenvalue weighted by molar-refractivity contribution is 5.76. The monoisotopic (exact) mass is 341 g/mol. The molecule has 2 aromatic rings. The molecule has 0 radical (unpaired) electrons. The fourth-order valence-corrected chi connectivity index (χ4v) is 3.68. The summed E-state index contributed by atoms with van der Waals surface area (Å²) in [6.07, 6.45) is 2.16. The summed E-state index contributed by atoms with van der Waals surface area (Å²) in [5.41, 5.74) is 1.18. The second kappa shape index (κ2) is 7.18. The Morgan fingerprint density at radius 2 is 2.04 bits per heavy atom. The van der Waals surface area contributed by atoms with Gasteiger partial charge in [0, 0.05) is 25.7 Å². The first-order chi connectivity index (χ1) is 12.3. The van der Waals surface area contributed by atoms with Gasteiger partial charge in [-0.25, -0.2) is 9.48 Å². The first-order valence-electron chi connectivity index (χ1n) is 8.85. The summed E-state index contributed by atoms with van der Waals surface area (Å²) < 4.78 is 1.86. The van der Waals surface area contributed by atoms with Crippen LogP contribution in [0, 0.1) is 0 Å². The Hall–Kier alpha value is -2.48. The van der Waals surface area contributed by atoms with Crippen LogP contribution in [0.1, 0.15) is 24.2 Å². The Kier molecular flexibility index (Phi) is 4.60. The van der Waals surface area contributed by atoms with Gasteiger partial charge in [-0.1, -0.05) is 30.3 Å². The van der Waals surface area contributed by atoms with Gasteiger partial charge in [0.25, 0.3) is 0 Å². The summed E-state index contributed by atoms with van der Waals surface area (Å²) in [5.74, 6) is 0.871. The fraction of sp³-hybridized carbons (Fsp3) is 0.529. The van der Waals surface area contributed by atoms with Crippen molar-refractivity contribution in [2.24, 2.45) is 0 Å². The molecule has 2 aliphatic heterocycles. The molecule has 132 valence electrons. The zero-order chi connectivity index (χ0) is 17.1. The van der Waals surface area contributed by atoms with Crippen molar-refractivity contribution < 1.29 is 4.79 Å². The number of piperidine rings is 1. The average molecular weight is 341 g/mol. The number of rotatable bonds is 5. The number of hydrogen-bond donors (Lipinski definition) is 1. The molecule has 2 amide bonds. The summed E-state index contributed by atoms with van der Waals surface area (Å²) in [4.78, 5) is 16.2. The number of urea groups is 1. The number of benzene rings is 1. The van der Waals surface area contributed by atoms with Crippen molar-refractivity contribution in [1.82, 2.24) is 35.3 Å². The maximum Gasteiger partial charge on any atom is 0.317 e. The number of likely N-dealkylation sites (tertiary alicyclic amines) is 1. The number of carbonyl (C=O) groups is 1. The lowest BCUT2D eigenvalue weighted by Gasteiger charge is -2.36. The molecular formula is C17H23N7O. The number of carbonyl (C=O) groups excluding carboxylic acids is 1. The van der Waals surface area contributed by atoms with Gasteiger partial charge in [-0.05, 0) is 35.4 Å². The minimum atomic E-state index is 0.0701. The topological polar surface area (TPSA) is 79.2 Å². The third-order valence-electron chi connectivity index (χ3n) is 4.96. The Bertz CT molecular complexity index is 717. The van der Waals surface area contributed by atoms with Crippen LogP contribution in [0.4, 0.5) is 4.79 Å². The molecule has 2 saturated heterocycles. The van der Waals surface area contributed by atoms with Crippen molar-refractivity contribution in [2.75, 3.05) is 26.2 Å². The van der Waals surface area contributed by atoms with Crippen molar-refractivity contribution in [3.05, 3.63) is 41.7 Å². The van der Waals surface area contributed by atoms with Gasteiger partial charge < -0.3 is 10.2 Å². The minimum absolute atomic E-state index is 0.0701. The predicted molar refractivity (Wildman–Crippen MR) is 91.8 cm³/mol. The molecular weight excluding hydrogens is 318 g/mol. The van der Waals surface area contributed by atoms with Gasteiger partial charge in [-0.3, -0.25) is 4.90 Å². The lowest BCUT2D eigenvalue weighted by atomic mass is 10.0. The molecule has 3 heterocycles. The quantitative estimate of drug-likeness (QED) is 0.866. The van der Waals surface area contributed by atoms with Crippen LogP contribution >= 0.6 is 0 Å². The molecule has 1 atom stereocenters. The van der Waals surface area contributed by atoms with E-state index >= 15 is 0 Å². The van der Waals surface area contributed by atoms with Gasteiger partial charge >= 0.3 is 6.03 Å². The normalized spacial score (nSPS) is 21.5. The van der Waals surface area contributed by atoms with E-state index in [-0.39, 0.29) is 12.1 Å². The first kappa shape index (κ1) is 16.0. The fourth-order valence-electron chi connectivity index (χ4n) is 3.68. The molecule has 0 saturated carbocycles. The van der Waals surface area contributed by atoms with Crippen molar-refractivity contribution in [1.29, 1.82) is 0 Å². The summed E-state index contributed by atoms with van der Waals surface area (Å²) in [6.45, 7) is 4.85. The molecule has 0 aliphatic carbocycles. The predicted octanol–water partition coefficient (Wildman–Crippen LogP) is 0.711. The molecule has 1 aromatic carbocycles. The van der Waals surface area contributed by atoms with Crippen LogP contribution in [0.5, 0.6) is 0 Å². The van der Waals surface area contributed by atoms with Crippen LogP contribution in [-0.2, 0) is 13.1 Å². The van der Waals surface area contributed by atoms with Crippen molar-refractivity contribution in [2.45, 2.75) is 32.0 Å². The number of amides is 2. The lowest BCUT2D eigenvalue weighted by molar-refractivity contribution is 0.119. The standard InChI is InChI=1S/C17H23N7O/c25-17-18-8-10-23(17)15-7-4-9-22(12-15)13-16-19-20-21-24(16)11-14-5-2-1-3-6-14/h1-3,5-6,15H,4,7-13H2,(H,18,25)/t15-/m0/s1. The SMILES string of the molecule is O=C1NCCN1[C@H]1CCCN(Cc2nnnn2Cc2ccccc2)C1. The third kappa shape index (κ3) is 3.63. The second-order valence-corrected chi connectivity index (χ2v) is 6.69. The summed E-state index contributed by atoms with van der Waals surface area (Å²) >= 11 is 0. The molecule has 0 unspecified atom stereocenters. The number of hydrogen-bond acceptors (Lipinski definition) is 5. The summed E-state index contributed by atoms with van der Waals surface area (Å²) in [5, 5.41) is 15.1. The number of aromatic nitrogens is 4. The highest BCUT2D eigenvalue weighted by Crippen LogP contribution is 2.19. The molecule has 0 bridgehead atoms. The number of nitrogens with zero attached hydrogens (tertiary/aromatic N) is 6. The van der Waals surface area contributed by atoms with E-state index in [0.29, 0.717) is 13.1 Å². The van der Waals surface area contributed by atoms with Crippen LogP contribution in [0.2, 0.25) is 0 Å². The molecule has 8 nitrogen and oxygen atoms in total. The Morgan fingerprint density at radius 1 is 1.16 bits per heavy atom. The van der Waals surface area contributed by atoms with E-state index in [4.69, 9.17) is 0 Å². The molecule has 4 rings (SSSR count). The van der Waals surface area contributed by atoms with E-state index in [1.807, 2.05) is 27.8 Å². The number of nitrogens with one attached hydrogen (secondary N) is 1. The van der Waals surface area contributed by atoms with Crippen molar-refractivity contribution >= 4 is 6.03 Å². The maximum absolute atomic E-state index is 11.9. The van der Waals surface area contributed by atoms with Crippen LogP contribution in [-0.4, -0.2) is 68.3 Å². The Morgan fingerprint density at radius 3 is 2.84 bits per heavy atom. The molecule has 0 spiro atoms. The van der Waals surface area contributed by atoms with Crippen LogP contribution < -0.4 is 5.32 Å². The maximum atomic E-state index is 11.9. The zero-order valence-electron chi connectivity index (χ0n) is 14.2. The molecule has 1 N–H and O–H groups in total. The first-order valence-corrected chi connectivity index (χ1v) is 8.85. The molecule has 25 heavy (non-hydrogen) atoms. The smallest absolute Gasteiger partial charge is 0.317 e. The average Bonchev–Trinajstić information content (AvgIpc) is 3.25. The molecule has 2 fully saturated rings. The van der Waals surface area contributed by atoms with Gasteiger partial charge in [0.15, 0.2) is 5.82 Å². The highest BCUT2D eigenvalue weighted by Gasteiger charge is 2.31. The van der Waals surface area contributed by atoms with Gasteiger partial charge in [-0.15, -0.1) is 5.10 Å². The lowest BCUT2D eigenvalue weighted by Crippen LogP contribution is -2.48. The largest absolute Gasteiger partial charge is 0.336 e. The van der Waals surface area contributed by atoms with Crippen LogP contribution in [0.3, 0.4) is 0 Å². The zero-order valence-corrected chi connectivity index (χ0v) is 14.2. The Labute approximate surface area is 146 Å².